The molecule has 4 heteroatoms. The van der Waals surface area contributed by atoms with Crippen LogP contribution in [0.15, 0.2) is 24.3 Å². The van der Waals surface area contributed by atoms with Gasteiger partial charge in [-0.1, -0.05) is 6.92 Å². The molecule has 2 rings (SSSR count). The van der Waals surface area contributed by atoms with Gasteiger partial charge in [0.25, 0.3) is 0 Å². The Bertz CT molecular complexity index is 450. The molecule has 0 aromatic heterocycles. The van der Waals surface area contributed by atoms with E-state index in [1.807, 2.05) is 6.92 Å². The highest BCUT2D eigenvalue weighted by atomic mass is 19.1. The molecule has 2 atom stereocenters. The van der Waals surface area contributed by atoms with Crippen molar-refractivity contribution in [1.29, 1.82) is 5.26 Å². The van der Waals surface area contributed by atoms with Gasteiger partial charge in [0, 0.05) is 6.42 Å². The Kier molecular flexibility index (Phi) is 4.39. The molecule has 0 bridgehead atoms. The van der Waals surface area contributed by atoms with Crippen LogP contribution < -0.4 is 10.1 Å². The Balaban J connectivity index is 2.01. The first kappa shape index (κ1) is 13.8. The minimum absolute atomic E-state index is 0.0120. The maximum absolute atomic E-state index is 12.8. The topological polar surface area (TPSA) is 45.0 Å². The van der Waals surface area contributed by atoms with Crippen molar-refractivity contribution in [2.24, 2.45) is 0 Å². The summed E-state index contributed by atoms with van der Waals surface area (Å²) in [6, 6.07) is 8.43. The molecule has 102 valence electrons. The number of nitrogens with zero attached hydrogens (tertiary/aromatic N) is 1. The third-order valence-corrected chi connectivity index (χ3v) is 3.55. The van der Waals surface area contributed by atoms with E-state index in [4.69, 9.17) is 4.74 Å². The predicted octanol–water partition coefficient (Wildman–Crippen LogP) is 3.02. The molecule has 1 aromatic carbocycles. The molecule has 1 saturated carbocycles. The molecule has 1 aliphatic carbocycles. The van der Waals surface area contributed by atoms with Crippen LogP contribution in [0, 0.1) is 17.1 Å². The molecule has 0 amide bonds. The fraction of sp³-hybridized carbons (Fsp3) is 0.533. The van der Waals surface area contributed by atoms with Gasteiger partial charge in [-0.3, -0.25) is 5.32 Å². The largest absolute Gasteiger partial charge is 0.490 e. The van der Waals surface area contributed by atoms with Crippen LogP contribution in [0.3, 0.4) is 0 Å². The molecule has 3 nitrogen and oxygen atoms in total. The standard InChI is InChI=1S/C15H19FN2O/c1-2-18-15(11-17)9-3-4-14(10-15)19-13-7-5-12(16)6-8-13/h5-8,14,18H,2-4,9-10H2,1H3. The van der Waals surface area contributed by atoms with Crippen LogP contribution in [-0.4, -0.2) is 18.2 Å². The summed E-state index contributed by atoms with van der Waals surface area (Å²) >= 11 is 0. The lowest BCUT2D eigenvalue weighted by Crippen LogP contribution is -2.49. The van der Waals surface area contributed by atoms with Crippen LogP contribution in [-0.2, 0) is 0 Å². The molecule has 0 heterocycles. The third-order valence-electron chi connectivity index (χ3n) is 3.55. The smallest absolute Gasteiger partial charge is 0.123 e. The van der Waals surface area contributed by atoms with Crippen molar-refractivity contribution < 1.29 is 9.13 Å². The number of hydrogen-bond acceptors (Lipinski definition) is 3. The van der Waals surface area contributed by atoms with Gasteiger partial charge in [-0.05, 0) is 50.1 Å². The quantitative estimate of drug-likeness (QED) is 0.907. The molecule has 0 aliphatic heterocycles. The zero-order valence-electron chi connectivity index (χ0n) is 11.2. The van der Waals surface area contributed by atoms with Crippen molar-refractivity contribution in [3.63, 3.8) is 0 Å². The SMILES string of the molecule is CCNC1(C#N)CCCC(Oc2ccc(F)cc2)C1. The molecule has 0 radical (unpaired) electrons. The van der Waals surface area contributed by atoms with Crippen LogP contribution in [0.25, 0.3) is 0 Å². The van der Waals surface area contributed by atoms with Gasteiger partial charge >= 0.3 is 0 Å². The van der Waals surface area contributed by atoms with E-state index in [0.29, 0.717) is 12.2 Å². The first-order valence-corrected chi connectivity index (χ1v) is 6.76. The highest BCUT2D eigenvalue weighted by Crippen LogP contribution is 2.30. The van der Waals surface area contributed by atoms with Gasteiger partial charge in [-0.15, -0.1) is 0 Å². The van der Waals surface area contributed by atoms with Gasteiger partial charge in [0.05, 0.1) is 6.07 Å². The molecule has 0 saturated heterocycles. The maximum atomic E-state index is 12.8. The predicted molar refractivity (Wildman–Crippen MR) is 71.3 cm³/mol. The minimum Gasteiger partial charge on any atom is -0.490 e. The summed E-state index contributed by atoms with van der Waals surface area (Å²) in [4.78, 5) is 0. The van der Waals surface area contributed by atoms with Crippen molar-refractivity contribution in [1.82, 2.24) is 5.32 Å². The summed E-state index contributed by atoms with van der Waals surface area (Å²) in [5, 5.41) is 12.6. The molecule has 1 aromatic rings. The Morgan fingerprint density at radius 1 is 1.47 bits per heavy atom. The van der Waals surface area contributed by atoms with Gasteiger partial charge in [0.15, 0.2) is 0 Å². The lowest BCUT2D eigenvalue weighted by atomic mass is 9.81. The number of ether oxygens (including phenoxy) is 1. The fourth-order valence-corrected chi connectivity index (χ4v) is 2.67. The molecular weight excluding hydrogens is 243 g/mol. The zero-order chi connectivity index (χ0) is 13.7. The van der Waals surface area contributed by atoms with Crippen LogP contribution in [0.5, 0.6) is 5.75 Å². The highest BCUT2D eigenvalue weighted by molar-refractivity contribution is 5.23. The van der Waals surface area contributed by atoms with E-state index in [-0.39, 0.29) is 11.9 Å². The van der Waals surface area contributed by atoms with E-state index in [1.54, 1.807) is 12.1 Å². The molecule has 2 unspecified atom stereocenters. The molecule has 1 fully saturated rings. The average molecular weight is 262 g/mol. The molecule has 19 heavy (non-hydrogen) atoms. The number of nitrogens with one attached hydrogen (secondary N) is 1. The highest BCUT2D eigenvalue weighted by Gasteiger charge is 2.36. The number of hydrogen-bond donors (Lipinski definition) is 1. The number of nitriles is 1. The maximum Gasteiger partial charge on any atom is 0.123 e. The summed E-state index contributed by atoms with van der Waals surface area (Å²) in [6.45, 7) is 2.78. The second-order valence-electron chi connectivity index (χ2n) is 5.01. The Morgan fingerprint density at radius 2 is 2.21 bits per heavy atom. The van der Waals surface area contributed by atoms with Crippen molar-refractivity contribution in [3.05, 3.63) is 30.1 Å². The van der Waals surface area contributed by atoms with Crippen LogP contribution in [0.2, 0.25) is 0 Å². The first-order valence-electron chi connectivity index (χ1n) is 6.76. The number of halogens is 1. The van der Waals surface area contributed by atoms with Crippen LogP contribution >= 0.6 is 0 Å². The first-order chi connectivity index (χ1) is 9.17. The van der Waals surface area contributed by atoms with E-state index >= 15 is 0 Å². The average Bonchev–Trinajstić information content (AvgIpc) is 2.42. The van der Waals surface area contributed by atoms with Gasteiger partial charge in [-0.2, -0.15) is 5.26 Å². The van der Waals surface area contributed by atoms with E-state index in [2.05, 4.69) is 11.4 Å². The van der Waals surface area contributed by atoms with Gasteiger partial charge in [0.1, 0.15) is 23.2 Å². The monoisotopic (exact) mass is 262 g/mol. The van der Waals surface area contributed by atoms with Crippen molar-refractivity contribution >= 4 is 0 Å². The number of benzene rings is 1. The summed E-state index contributed by atoms with van der Waals surface area (Å²) in [7, 11) is 0. The van der Waals surface area contributed by atoms with E-state index in [9.17, 15) is 9.65 Å². The second kappa shape index (κ2) is 6.03. The van der Waals surface area contributed by atoms with Crippen LogP contribution in [0.4, 0.5) is 4.39 Å². The molecule has 1 N–H and O–H groups in total. The normalized spacial score (nSPS) is 26.7. The number of rotatable bonds is 4. The summed E-state index contributed by atoms with van der Waals surface area (Å²) in [6.07, 6.45) is 3.45. The molecular formula is C15H19FN2O. The second-order valence-corrected chi connectivity index (χ2v) is 5.01. The zero-order valence-corrected chi connectivity index (χ0v) is 11.2. The molecule has 1 aliphatic rings. The van der Waals surface area contributed by atoms with Gasteiger partial charge in [0.2, 0.25) is 0 Å². The lowest BCUT2D eigenvalue weighted by Gasteiger charge is -2.36. The van der Waals surface area contributed by atoms with E-state index in [1.165, 1.54) is 12.1 Å². The van der Waals surface area contributed by atoms with Gasteiger partial charge in [-0.25, -0.2) is 4.39 Å². The summed E-state index contributed by atoms with van der Waals surface area (Å²) < 4.78 is 18.7. The van der Waals surface area contributed by atoms with Crippen molar-refractivity contribution in [3.8, 4) is 11.8 Å². The Morgan fingerprint density at radius 3 is 2.84 bits per heavy atom. The van der Waals surface area contributed by atoms with E-state index in [0.717, 1.165) is 25.8 Å². The third kappa shape index (κ3) is 3.45. The van der Waals surface area contributed by atoms with Crippen molar-refractivity contribution in [2.75, 3.05) is 6.54 Å². The Hall–Kier alpha value is -1.60. The summed E-state index contributed by atoms with van der Waals surface area (Å²) in [5.41, 5.74) is -0.475. The van der Waals surface area contributed by atoms with Crippen LogP contribution in [0.1, 0.15) is 32.6 Å². The lowest BCUT2D eigenvalue weighted by molar-refractivity contribution is 0.113. The summed E-state index contributed by atoms with van der Waals surface area (Å²) in [5.74, 6) is 0.395. The van der Waals surface area contributed by atoms with E-state index < -0.39 is 5.54 Å². The van der Waals surface area contributed by atoms with Crippen molar-refractivity contribution in [2.45, 2.75) is 44.2 Å². The minimum atomic E-state index is -0.475. The molecule has 0 spiro atoms. The van der Waals surface area contributed by atoms with Gasteiger partial charge < -0.3 is 4.74 Å². The fourth-order valence-electron chi connectivity index (χ4n) is 2.67. The Labute approximate surface area is 113 Å².